The quantitative estimate of drug-likeness (QED) is 0.752. The average Bonchev–Trinajstić information content (AvgIpc) is 2.57. The Balaban J connectivity index is 1.76. The second kappa shape index (κ2) is 6.74. The summed E-state index contributed by atoms with van der Waals surface area (Å²) >= 11 is 0. The molecule has 0 unspecified atom stereocenters. The molecule has 0 fully saturated rings. The summed E-state index contributed by atoms with van der Waals surface area (Å²) in [7, 11) is 0. The van der Waals surface area contributed by atoms with Gasteiger partial charge >= 0.3 is 6.09 Å². The van der Waals surface area contributed by atoms with Gasteiger partial charge in [-0.3, -0.25) is 5.32 Å². The van der Waals surface area contributed by atoms with Crippen molar-refractivity contribution >= 4 is 12.0 Å². The number of aromatic nitrogens is 2. The predicted molar refractivity (Wildman–Crippen MR) is 85.6 cm³/mol. The first-order valence-electron chi connectivity index (χ1n) is 6.97. The lowest BCUT2D eigenvalue weighted by Gasteiger charge is -2.07. The van der Waals surface area contributed by atoms with E-state index in [-0.39, 0.29) is 11.8 Å². The van der Waals surface area contributed by atoms with E-state index in [4.69, 9.17) is 9.84 Å². The minimum Gasteiger partial charge on any atom is -0.465 e. The molecule has 120 valence electrons. The SMILES string of the molecule is O=C(O)Nc1nccc(-c2ccc(Oc3ccc(F)cc3)cc2)n1. The molecule has 3 aromatic rings. The average molecular weight is 325 g/mol. The second-order valence-corrected chi connectivity index (χ2v) is 4.78. The fourth-order valence-electron chi connectivity index (χ4n) is 2.01. The standard InChI is InChI=1S/C17H12FN3O3/c18-12-3-7-14(8-4-12)24-13-5-1-11(2-6-13)15-9-10-19-16(20-15)21-17(22)23/h1-10H,(H,22,23)(H,19,20,21). The minimum atomic E-state index is -1.23. The maximum absolute atomic E-state index is 12.9. The molecule has 1 aromatic heterocycles. The Morgan fingerprint density at radius 2 is 1.62 bits per heavy atom. The fraction of sp³-hybridized carbons (Fsp3) is 0. The fourth-order valence-corrected chi connectivity index (χ4v) is 2.01. The van der Waals surface area contributed by atoms with Gasteiger partial charge in [0.25, 0.3) is 0 Å². The molecule has 0 atom stereocenters. The van der Waals surface area contributed by atoms with Crippen molar-refractivity contribution in [3.05, 3.63) is 66.6 Å². The lowest BCUT2D eigenvalue weighted by Crippen LogP contribution is -2.10. The van der Waals surface area contributed by atoms with Crippen molar-refractivity contribution in [2.24, 2.45) is 0 Å². The van der Waals surface area contributed by atoms with E-state index in [0.29, 0.717) is 17.2 Å². The van der Waals surface area contributed by atoms with Gasteiger partial charge in [-0.25, -0.2) is 19.2 Å². The topological polar surface area (TPSA) is 84.3 Å². The highest BCUT2D eigenvalue weighted by atomic mass is 19.1. The predicted octanol–water partition coefficient (Wildman–Crippen LogP) is 4.16. The first kappa shape index (κ1) is 15.4. The number of carbonyl (C=O) groups is 1. The van der Waals surface area contributed by atoms with Crippen LogP contribution < -0.4 is 10.1 Å². The molecule has 2 N–H and O–H groups in total. The number of carboxylic acid groups (broad SMARTS) is 1. The molecule has 2 aromatic carbocycles. The minimum absolute atomic E-state index is 0.00615. The number of benzene rings is 2. The summed E-state index contributed by atoms with van der Waals surface area (Å²) in [6, 6.07) is 14.4. The maximum Gasteiger partial charge on any atom is 0.411 e. The van der Waals surface area contributed by atoms with Crippen molar-refractivity contribution in [2.45, 2.75) is 0 Å². The molecular formula is C17H12FN3O3. The highest BCUT2D eigenvalue weighted by molar-refractivity contribution is 5.80. The van der Waals surface area contributed by atoms with Crippen molar-refractivity contribution in [3.63, 3.8) is 0 Å². The van der Waals surface area contributed by atoms with Crippen molar-refractivity contribution < 1.29 is 19.0 Å². The summed E-state index contributed by atoms with van der Waals surface area (Å²) in [6.45, 7) is 0. The van der Waals surface area contributed by atoms with Crippen LogP contribution in [0, 0.1) is 5.82 Å². The molecule has 0 aliphatic carbocycles. The molecule has 1 amide bonds. The summed E-state index contributed by atoms with van der Waals surface area (Å²) in [5, 5.41) is 10.8. The summed E-state index contributed by atoms with van der Waals surface area (Å²) in [5.74, 6) is 0.793. The van der Waals surface area contributed by atoms with Crippen LogP contribution in [0.15, 0.2) is 60.8 Å². The summed E-state index contributed by atoms with van der Waals surface area (Å²) < 4.78 is 18.5. The van der Waals surface area contributed by atoms with Gasteiger partial charge in [0.2, 0.25) is 5.95 Å². The third kappa shape index (κ3) is 3.83. The molecule has 6 nitrogen and oxygen atoms in total. The van der Waals surface area contributed by atoms with Gasteiger partial charge in [-0.05, 0) is 54.6 Å². The van der Waals surface area contributed by atoms with Crippen LogP contribution in [0.1, 0.15) is 0 Å². The highest BCUT2D eigenvalue weighted by Crippen LogP contribution is 2.25. The van der Waals surface area contributed by atoms with Gasteiger partial charge in [0.05, 0.1) is 5.69 Å². The molecule has 0 aliphatic heterocycles. The van der Waals surface area contributed by atoms with E-state index in [1.54, 1.807) is 30.3 Å². The molecule has 0 radical (unpaired) electrons. The van der Waals surface area contributed by atoms with E-state index in [9.17, 15) is 9.18 Å². The zero-order valence-corrected chi connectivity index (χ0v) is 12.3. The molecule has 3 rings (SSSR count). The van der Waals surface area contributed by atoms with E-state index in [1.807, 2.05) is 0 Å². The van der Waals surface area contributed by atoms with Crippen LogP contribution in [0.4, 0.5) is 15.1 Å². The van der Waals surface area contributed by atoms with Gasteiger partial charge < -0.3 is 9.84 Å². The van der Waals surface area contributed by atoms with Crippen LogP contribution in [0.3, 0.4) is 0 Å². The largest absolute Gasteiger partial charge is 0.465 e. The van der Waals surface area contributed by atoms with Crippen LogP contribution in [0.25, 0.3) is 11.3 Å². The van der Waals surface area contributed by atoms with Gasteiger partial charge in [-0.1, -0.05) is 0 Å². The number of halogens is 1. The van der Waals surface area contributed by atoms with Gasteiger partial charge in [-0.2, -0.15) is 0 Å². The summed E-state index contributed by atoms with van der Waals surface area (Å²) in [6.07, 6.45) is 0.242. The van der Waals surface area contributed by atoms with Gasteiger partial charge in [-0.15, -0.1) is 0 Å². The number of ether oxygens (including phenoxy) is 1. The van der Waals surface area contributed by atoms with E-state index in [2.05, 4.69) is 15.3 Å². The van der Waals surface area contributed by atoms with Gasteiger partial charge in [0.1, 0.15) is 17.3 Å². The number of anilines is 1. The van der Waals surface area contributed by atoms with Crippen LogP contribution in [-0.2, 0) is 0 Å². The number of hydrogen-bond acceptors (Lipinski definition) is 4. The zero-order valence-electron chi connectivity index (χ0n) is 12.3. The molecular weight excluding hydrogens is 313 g/mol. The third-order valence-corrected chi connectivity index (χ3v) is 3.07. The Morgan fingerprint density at radius 3 is 2.25 bits per heavy atom. The van der Waals surface area contributed by atoms with Gasteiger partial charge in [0.15, 0.2) is 0 Å². The Bertz CT molecular complexity index is 852. The molecule has 0 saturated carbocycles. The number of hydrogen-bond donors (Lipinski definition) is 2. The van der Waals surface area contributed by atoms with E-state index < -0.39 is 6.09 Å². The van der Waals surface area contributed by atoms with Gasteiger partial charge in [0, 0.05) is 11.8 Å². The molecule has 0 spiro atoms. The van der Waals surface area contributed by atoms with Crippen molar-refractivity contribution in [2.75, 3.05) is 5.32 Å². The molecule has 0 saturated heterocycles. The number of nitrogens with one attached hydrogen (secondary N) is 1. The number of nitrogens with zero attached hydrogens (tertiary/aromatic N) is 2. The molecule has 24 heavy (non-hydrogen) atoms. The molecule has 0 bridgehead atoms. The van der Waals surface area contributed by atoms with Crippen LogP contribution in [-0.4, -0.2) is 21.2 Å². The van der Waals surface area contributed by atoms with Crippen LogP contribution >= 0.6 is 0 Å². The maximum atomic E-state index is 12.9. The van der Waals surface area contributed by atoms with Crippen molar-refractivity contribution in [1.82, 2.24) is 9.97 Å². The molecule has 7 heteroatoms. The normalized spacial score (nSPS) is 10.2. The molecule has 0 aliphatic rings. The van der Waals surface area contributed by atoms with E-state index >= 15 is 0 Å². The molecule has 1 heterocycles. The Kier molecular flexibility index (Phi) is 4.33. The third-order valence-electron chi connectivity index (χ3n) is 3.07. The first-order chi connectivity index (χ1) is 11.6. The highest BCUT2D eigenvalue weighted by Gasteiger charge is 2.05. The Morgan fingerprint density at radius 1 is 1.00 bits per heavy atom. The van der Waals surface area contributed by atoms with Crippen LogP contribution in [0.2, 0.25) is 0 Å². The van der Waals surface area contributed by atoms with E-state index in [0.717, 1.165) is 5.56 Å². The van der Waals surface area contributed by atoms with Crippen molar-refractivity contribution in [1.29, 1.82) is 0 Å². The lowest BCUT2D eigenvalue weighted by molar-refractivity contribution is 0.209. The zero-order chi connectivity index (χ0) is 16.9. The Hall–Kier alpha value is -3.48. The first-order valence-corrected chi connectivity index (χ1v) is 6.97. The monoisotopic (exact) mass is 325 g/mol. The lowest BCUT2D eigenvalue weighted by atomic mass is 10.1. The number of rotatable bonds is 4. The summed E-state index contributed by atoms with van der Waals surface area (Å²) in [4.78, 5) is 18.6. The summed E-state index contributed by atoms with van der Waals surface area (Å²) in [5.41, 5.74) is 1.35. The second-order valence-electron chi connectivity index (χ2n) is 4.78. The van der Waals surface area contributed by atoms with E-state index in [1.165, 1.54) is 30.5 Å². The van der Waals surface area contributed by atoms with Crippen molar-refractivity contribution in [3.8, 4) is 22.8 Å². The number of amides is 1. The van der Waals surface area contributed by atoms with Crippen LogP contribution in [0.5, 0.6) is 11.5 Å². The Labute approximate surface area is 136 Å². The smallest absolute Gasteiger partial charge is 0.411 e.